The number of ketones is 1. The molecule has 0 bridgehead atoms. The van der Waals surface area contributed by atoms with Crippen molar-refractivity contribution in [2.75, 3.05) is 6.54 Å². The van der Waals surface area contributed by atoms with Gasteiger partial charge in [-0.3, -0.25) is 4.79 Å². The molecule has 3 heteroatoms. The van der Waals surface area contributed by atoms with Gasteiger partial charge in [-0.15, -0.1) is 0 Å². The van der Waals surface area contributed by atoms with Crippen LogP contribution < -0.4 is 10.9 Å². The minimum absolute atomic E-state index is 0.0428. The fourth-order valence-corrected chi connectivity index (χ4v) is 1.43. The number of hydrazine groups is 1. The molecule has 0 radical (unpaired) electrons. The summed E-state index contributed by atoms with van der Waals surface area (Å²) < 4.78 is 0. The number of Topliss-reactive ketones (excluding diaryl/α,β-unsaturated/α-hetero) is 1. The molecule has 0 aromatic heterocycles. The highest BCUT2D eigenvalue weighted by Gasteiger charge is 2.28. The molecular formula is C8H10N2O. The first kappa shape index (κ1) is 6.76. The van der Waals surface area contributed by atoms with E-state index in [0.717, 1.165) is 0 Å². The van der Waals surface area contributed by atoms with Crippen LogP contribution >= 0.6 is 0 Å². The zero-order valence-electron chi connectivity index (χ0n) is 6.08. The van der Waals surface area contributed by atoms with E-state index in [2.05, 4.69) is 10.9 Å². The minimum Gasteiger partial charge on any atom is -0.297 e. The van der Waals surface area contributed by atoms with Gasteiger partial charge >= 0.3 is 0 Å². The van der Waals surface area contributed by atoms with Crippen LogP contribution in [0.25, 0.3) is 0 Å². The van der Waals surface area contributed by atoms with Crippen LogP contribution in [0.2, 0.25) is 0 Å². The van der Waals surface area contributed by atoms with Gasteiger partial charge in [0.05, 0.1) is 18.5 Å². The summed E-state index contributed by atoms with van der Waals surface area (Å²) in [5.74, 6) is 0.301. The summed E-state index contributed by atoms with van der Waals surface area (Å²) in [7, 11) is 0. The van der Waals surface area contributed by atoms with E-state index in [1.54, 1.807) is 0 Å². The first-order chi connectivity index (χ1) is 5.38. The van der Waals surface area contributed by atoms with E-state index in [4.69, 9.17) is 0 Å². The molecule has 0 aromatic rings. The number of carbonyl (C=O) groups excluding carboxylic acids is 1. The lowest BCUT2D eigenvalue weighted by molar-refractivity contribution is -0.123. The van der Waals surface area contributed by atoms with Gasteiger partial charge in [0, 0.05) is 0 Å². The van der Waals surface area contributed by atoms with Gasteiger partial charge < -0.3 is 0 Å². The first-order valence-corrected chi connectivity index (χ1v) is 3.74. The highest BCUT2D eigenvalue weighted by molar-refractivity contribution is 5.86. The summed E-state index contributed by atoms with van der Waals surface area (Å²) >= 11 is 0. The third-order valence-corrected chi connectivity index (χ3v) is 2.04. The summed E-state index contributed by atoms with van der Waals surface area (Å²) in [5.41, 5.74) is 5.89. The van der Waals surface area contributed by atoms with E-state index in [9.17, 15) is 4.79 Å². The molecule has 11 heavy (non-hydrogen) atoms. The number of nitrogens with one attached hydrogen (secondary N) is 2. The number of rotatable bonds is 0. The molecule has 1 aliphatic heterocycles. The molecule has 0 spiro atoms. The van der Waals surface area contributed by atoms with E-state index < -0.39 is 0 Å². The van der Waals surface area contributed by atoms with Gasteiger partial charge in [-0.1, -0.05) is 24.3 Å². The van der Waals surface area contributed by atoms with Crippen LogP contribution in [-0.2, 0) is 4.79 Å². The highest BCUT2D eigenvalue weighted by atomic mass is 16.1. The van der Waals surface area contributed by atoms with Crippen molar-refractivity contribution in [3.8, 4) is 0 Å². The topological polar surface area (TPSA) is 41.1 Å². The third-order valence-electron chi connectivity index (χ3n) is 2.04. The van der Waals surface area contributed by atoms with Crippen molar-refractivity contribution in [3.63, 3.8) is 0 Å². The predicted octanol–water partition coefficient (Wildman–Crippen LogP) is -0.226. The second-order valence-electron chi connectivity index (χ2n) is 2.79. The summed E-state index contributed by atoms with van der Waals surface area (Å²) in [6.45, 7) is 0.430. The summed E-state index contributed by atoms with van der Waals surface area (Å²) in [4.78, 5) is 11.2. The van der Waals surface area contributed by atoms with Crippen molar-refractivity contribution in [1.29, 1.82) is 0 Å². The Balaban J connectivity index is 2.20. The van der Waals surface area contributed by atoms with Crippen molar-refractivity contribution >= 4 is 5.78 Å². The maximum absolute atomic E-state index is 11.2. The SMILES string of the molecule is O=C1CNNC2C=CC=CC12. The minimum atomic E-state index is 0.0428. The van der Waals surface area contributed by atoms with Crippen LogP contribution in [0.4, 0.5) is 0 Å². The summed E-state index contributed by atoms with van der Waals surface area (Å²) in [5, 5.41) is 0. The van der Waals surface area contributed by atoms with Crippen LogP contribution in [0.1, 0.15) is 0 Å². The number of allylic oxidation sites excluding steroid dienone is 2. The maximum Gasteiger partial charge on any atom is 0.156 e. The molecular weight excluding hydrogens is 140 g/mol. The molecule has 2 aliphatic rings. The summed E-state index contributed by atoms with van der Waals surface area (Å²) in [6.07, 6.45) is 7.82. The van der Waals surface area contributed by atoms with Gasteiger partial charge in [0.15, 0.2) is 5.78 Å². The largest absolute Gasteiger partial charge is 0.297 e. The van der Waals surface area contributed by atoms with Gasteiger partial charge in [0.1, 0.15) is 0 Å². The Morgan fingerprint density at radius 2 is 2.18 bits per heavy atom. The molecule has 3 nitrogen and oxygen atoms in total. The Morgan fingerprint density at radius 3 is 3.00 bits per heavy atom. The van der Waals surface area contributed by atoms with Crippen LogP contribution in [-0.4, -0.2) is 18.4 Å². The zero-order valence-corrected chi connectivity index (χ0v) is 6.08. The molecule has 2 rings (SSSR count). The van der Waals surface area contributed by atoms with E-state index in [1.807, 2.05) is 24.3 Å². The monoisotopic (exact) mass is 150 g/mol. The average molecular weight is 150 g/mol. The maximum atomic E-state index is 11.2. The number of hydrogen-bond donors (Lipinski definition) is 2. The van der Waals surface area contributed by atoms with Crippen molar-refractivity contribution in [2.45, 2.75) is 6.04 Å². The Labute approximate surface area is 65.1 Å². The molecule has 1 fully saturated rings. The Kier molecular flexibility index (Phi) is 1.60. The molecule has 1 heterocycles. The quantitative estimate of drug-likeness (QED) is 0.501. The lowest BCUT2D eigenvalue weighted by Crippen LogP contribution is -2.55. The molecule has 0 saturated carbocycles. The van der Waals surface area contributed by atoms with E-state index in [1.165, 1.54) is 0 Å². The van der Waals surface area contributed by atoms with Crippen molar-refractivity contribution in [3.05, 3.63) is 24.3 Å². The Hall–Kier alpha value is -0.930. The standard InChI is InChI=1S/C8H10N2O/c11-8-5-9-10-7-4-2-1-3-6(7)8/h1-4,6-7,9-10H,5H2. The molecule has 1 saturated heterocycles. The van der Waals surface area contributed by atoms with Crippen LogP contribution in [0.15, 0.2) is 24.3 Å². The smallest absolute Gasteiger partial charge is 0.156 e. The fourth-order valence-electron chi connectivity index (χ4n) is 1.43. The summed E-state index contributed by atoms with van der Waals surface area (Å²) in [6, 6.07) is 0.154. The van der Waals surface area contributed by atoms with Crippen LogP contribution in [0.5, 0.6) is 0 Å². The number of carbonyl (C=O) groups is 1. The molecule has 58 valence electrons. The lowest BCUT2D eigenvalue weighted by atomic mass is 9.90. The fraction of sp³-hybridized carbons (Fsp3) is 0.375. The Morgan fingerprint density at radius 1 is 1.36 bits per heavy atom. The van der Waals surface area contributed by atoms with Crippen molar-refractivity contribution in [1.82, 2.24) is 10.9 Å². The molecule has 0 aromatic carbocycles. The van der Waals surface area contributed by atoms with E-state index >= 15 is 0 Å². The normalized spacial score (nSPS) is 35.5. The molecule has 2 atom stereocenters. The van der Waals surface area contributed by atoms with E-state index in [-0.39, 0.29) is 17.7 Å². The van der Waals surface area contributed by atoms with Gasteiger partial charge in [0.2, 0.25) is 0 Å². The second kappa shape index (κ2) is 2.60. The zero-order chi connectivity index (χ0) is 7.68. The van der Waals surface area contributed by atoms with E-state index in [0.29, 0.717) is 6.54 Å². The average Bonchev–Trinajstić information content (AvgIpc) is 2.06. The number of fused-ring (bicyclic) bond motifs is 1. The first-order valence-electron chi connectivity index (χ1n) is 3.74. The van der Waals surface area contributed by atoms with Crippen molar-refractivity contribution in [2.24, 2.45) is 5.92 Å². The second-order valence-corrected chi connectivity index (χ2v) is 2.79. The van der Waals surface area contributed by atoms with Gasteiger partial charge in [0.25, 0.3) is 0 Å². The van der Waals surface area contributed by atoms with Gasteiger partial charge in [-0.05, 0) is 0 Å². The third kappa shape index (κ3) is 1.13. The molecule has 2 unspecified atom stereocenters. The van der Waals surface area contributed by atoms with Gasteiger partial charge in [-0.2, -0.15) is 0 Å². The highest BCUT2D eigenvalue weighted by Crippen LogP contribution is 2.14. The molecule has 1 aliphatic carbocycles. The lowest BCUT2D eigenvalue weighted by Gasteiger charge is -2.29. The predicted molar refractivity (Wildman–Crippen MR) is 41.7 cm³/mol. The number of hydrogen-bond acceptors (Lipinski definition) is 3. The van der Waals surface area contributed by atoms with Crippen LogP contribution in [0, 0.1) is 5.92 Å². The van der Waals surface area contributed by atoms with Crippen molar-refractivity contribution < 1.29 is 4.79 Å². The molecule has 0 amide bonds. The van der Waals surface area contributed by atoms with Crippen LogP contribution in [0.3, 0.4) is 0 Å². The van der Waals surface area contributed by atoms with Gasteiger partial charge in [-0.25, -0.2) is 10.9 Å². The Bertz CT molecular complexity index is 232. The molecule has 2 N–H and O–H groups in total.